The van der Waals surface area contributed by atoms with Crippen molar-refractivity contribution in [2.45, 2.75) is 38.1 Å². The highest BCUT2D eigenvalue weighted by Gasteiger charge is 2.36. The Hall–Kier alpha value is -3.99. The molecular weight excluding hydrogens is 640 g/mol. The van der Waals surface area contributed by atoms with Gasteiger partial charge in [0.15, 0.2) is 0 Å². The molecule has 0 radical (unpaired) electrons. The van der Waals surface area contributed by atoms with E-state index >= 15 is 0 Å². The Morgan fingerprint density at radius 2 is 1.59 bits per heavy atom. The molecule has 0 bridgehead atoms. The summed E-state index contributed by atoms with van der Waals surface area (Å²) in [6.07, 6.45) is 1.26. The number of amides is 1. The Bertz CT molecular complexity index is 1610. The molecule has 2 fully saturated rings. The average molecular weight is 695 g/mol. The second-order valence-electron chi connectivity index (χ2n) is 13.8. The van der Waals surface area contributed by atoms with Gasteiger partial charge in [0.25, 0.3) is 0 Å². The number of likely N-dealkylation sites (N-methyl/N-ethyl adjacent to an activating group) is 1. The van der Waals surface area contributed by atoms with Crippen LogP contribution >= 0.6 is 0 Å². The van der Waals surface area contributed by atoms with Crippen LogP contribution in [0.1, 0.15) is 35.4 Å². The number of piperazine rings is 1. The summed E-state index contributed by atoms with van der Waals surface area (Å²) in [5.74, 6) is 0.912. The van der Waals surface area contributed by atoms with Gasteiger partial charge in [0.2, 0.25) is 0 Å². The molecule has 272 valence electrons. The number of piperidine rings is 1. The lowest BCUT2D eigenvalue weighted by molar-refractivity contribution is -0.0169. The minimum Gasteiger partial charge on any atom is -0.494 e. The topological polar surface area (TPSA) is 84.5 Å². The smallest absolute Gasteiger partial charge is 0.407 e. The third-order valence-electron chi connectivity index (χ3n) is 9.96. The predicted octanol–water partition coefficient (Wildman–Crippen LogP) is 6.08. The molecule has 2 aliphatic heterocycles. The van der Waals surface area contributed by atoms with Crippen LogP contribution in [0.4, 0.5) is 4.79 Å². The summed E-state index contributed by atoms with van der Waals surface area (Å²) < 4.78 is 24.4. The maximum Gasteiger partial charge on any atom is 0.407 e. The van der Waals surface area contributed by atoms with Crippen molar-refractivity contribution in [2.75, 3.05) is 79.2 Å². The number of fused-ring (bicyclic) bond motifs is 1. The highest BCUT2D eigenvalue weighted by molar-refractivity contribution is 5.82. The van der Waals surface area contributed by atoms with Crippen LogP contribution in [-0.2, 0) is 27.4 Å². The van der Waals surface area contributed by atoms with Crippen LogP contribution in [0.5, 0.6) is 5.75 Å². The molecule has 51 heavy (non-hydrogen) atoms. The van der Waals surface area contributed by atoms with Gasteiger partial charge >= 0.3 is 6.09 Å². The number of rotatable bonds is 17. The summed E-state index contributed by atoms with van der Waals surface area (Å²) in [5.41, 5.74) is 3.46. The molecule has 0 spiro atoms. The zero-order valence-electron chi connectivity index (χ0n) is 30.0. The van der Waals surface area contributed by atoms with E-state index in [0.29, 0.717) is 46.1 Å². The maximum absolute atomic E-state index is 12.8. The third-order valence-corrected chi connectivity index (χ3v) is 9.96. The summed E-state index contributed by atoms with van der Waals surface area (Å²) in [4.78, 5) is 17.6. The Morgan fingerprint density at radius 1 is 0.804 bits per heavy atom. The van der Waals surface area contributed by atoms with E-state index in [-0.39, 0.29) is 24.0 Å². The predicted molar refractivity (Wildman–Crippen MR) is 202 cm³/mol. The van der Waals surface area contributed by atoms with Crippen molar-refractivity contribution in [3.63, 3.8) is 0 Å². The molecular formula is C42H54N4O5. The van der Waals surface area contributed by atoms with Gasteiger partial charge in [-0.3, -0.25) is 0 Å². The number of hydrogen-bond donors (Lipinski definition) is 2. The largest absolute Gasteiger partial charge is 0.494 e. The van der Waals surface area contributed by atoms with E-state index in [2.05, 4.69) is 94.2 Å². The summed E-state index contributed by atoms with van der Waals surface area (Å²) in [5, 5.41) is 8.94. The molecule has 2 N–H and O–H groups in total. The van der Waals surface area contributed by atoms with Gasteiger partial charge in [-0.15, -0.1) is 0 Å². The van der Waals surface area contributed by atoms with Crippen molar-refractivity contribution < 1.29 is 23.7 Å². The number of benzene rings is 4. The number of alkyl carbamates (subject to hydrolysis) is 1. The Kier molecular flexibility index (Phi) is 14.1. The van der Waals surface area contributed by atoms with E-state index in [9.17, 15) is 4.79 Å². The molecule has 6 rings (SSSR count). The first-order chi connectivity index (χ1) is 25.1. The number of carbonyl (C=O) groups is 1. The maximum atomic E-state index is 12.8. The standard InChI is InChI=1S/C42H54N4O5/c1-45-21-23-46(24-22-45)20-7-19-44-42(47)51-32-38-28-43-29-40(50-31-34-13-14-35-11-5-6-12-37(35)27-34)41(38)36-15-17-39(18-16-36)49-26-8-25-48-30-33-9-3-2-4-10-33/h2-6,9-18,27,38,40-41,43H,7-8,19-26,28-32H2,1H3,(H,44,47)/t38-,40-,41-/m0/s1. The molecule has 2 heterocycles. The molecule has 1 amide bonds. The van der Waals surface area contributed by atoms with Crippen LogP contribution < -0.4 is 15.4 Å². The van der Waals surface area contributed by atoms with Gasteiger partial charge in [-0.1, -0.05) is 78.9 Å². The second-order valence-corrected chi connectivity index (χ2v) is 13.8. The van der Waals surface area contributed by atoms with Crippen molar-refractivity contribution in [1.82, 2.24) is 20.4 Å². The molecule has 2 aliphatic rings. The van der Waals surface area contributed by atoms with Crippen molar-refractivity contribution in [3.8, 4) is 5.75 Å². The van der Waals surface area contributed by atoms with Crippen molar-refractivity contribution >= 4 is 16.9 Å². The van der Waals surface area contributed by atoms with E-state index in [1.54, 1.807) is 0 Å². The molecule has 0 unspecified atom stereocenters. The minimum atomic E-state index is -0.358. The molecule has 3 atom stereocenters. The van der Waals surface area contributed by atoms with E-state index in [0.717, 1.165) is 69.0 Å². The number of ether oxygens (including phenoxy) is 4. The normalized spacial score (nSPS) is 19.9. The average Bonchev–Trinajstić information content (AvgIpc) is 3.17. The van der Waals surface area contributed by atoms with Gasteiger partial charge in [0.1, 0.15) is 5.75 Å². The number of hydrogen-bond acceptors (Lipinski definition) is 8. The van der Waals surface area contributed by atoms with Crippen molar-refractivity contribution in [3.05, 3.63) is 114 Å². The van der Waals surface area contributed by atoms with Gasteiger partial charge < -0.3 is 39.4 Å². The van der Waals surface area contributed by atoms with Crippen LogP contribution in [0.15, 0.2) is 97.1 Å². The molecule has 4 aromatic carbocycles. The Balaban J connectivity index is 1.02. The highest BCUT2D eigenvalue weighted by atomic mass is 16.5. The minimum absolute atomic E-state index is 0.0391. The van der Waals surface area contributed by atoms with E-state index in [1.807, 2.05) is 30.3 Å². The summed E-state index contributed by atoms with van der Waals surface area (Å²) in [7, 11) is 2.16. The van der Waals surface area contributed by atoms with Crippen LogP contribution in [0, 0.1) is 5.92 Å². The Labute approximate surface area is 303 Å². The van der Waals surface area contributed by atoms with Gasteiger partial charge in [-0.2, -0.15) is 0 Å². The van der Waals surface area contributed by atoms with Crippen molar-refractivity contribution in [2.24, 2.45) is 5.92 Å². The zero-order valence-corrected chi connectivity index (χ0v) is 30.0. The van der Waals surface area contributed by atoms with Crippen molar-refractivity contribution in [1.29, 1.82) is 0 Å². The van der Waals surface area contributed by atoms with Gasteiger partial charge in [-0.05, 0) is 65.7 Å². The molecule has 2 saturated heterocycles. The van der Waals surface area contributed by atoms with Crippen LogP contribution in [0.25, 0.3) is 10.8 Å². The highest BCUT2D eigenvalue weighted by Crippen LogP contribution is 2.34. The Morgan fingerprint density at radius 3 is 2.41 bits per heavy atom. The van der Waals surface area contributed by atoms with E-state index in [1.165, 1.54) is 16.3 Å². The molecule has 9 nitrogen and oxygen atoms in total. The first-order valence-electron chi connectivity index (χ1n) is 18.6. The second kappa shape index (κ2) is 19.6. The lowest BCUT2D eigenvalue weighted by Gasteiger charge is -2.38. The monoisotopic (exact) mass is 694 g/mol. The fourth-order valence-electron chi connectivity index (χ4n) is 7.01. The van der Waals surface area contributed by atoms with E-state index in [4.69, 9.17) is 18.9 Å². The first-order valence-corrected chi connectivity index (χ1v) is 18.6. The van der Waals surface area contributed by atoms with Gasteiger partial charge in [-0.25, -0.2) is 4.79 Å². The first kappa shape index (κ1) is 36.8. The molecule has 0 aliphatic carbocycles. The van der Waals surface area contributed by atoms with Crippen LogP contribution in [-0.4, -0.2) is 101 Å². The molecule has 0 aromatic heterocycles. The molecule has 0 saturated carbocycles. The fraction of sp³-hybridized carbons (Fsp3) is 0.452. The van der Waals surface area contributed by atoms with Gasteiger partial charge in [0, 0.05) is 64.1 Å². The lowest BCUT2D eigenvalue weighted by Crippen LogP contribution is -2.48. The molecule has 9 heteroatoms. The van der Waals surface area contributed by atoms with Crippen LogP contribution in [0.3, 0.4) is 0 Å². The zero-order chi connectivity index (χ0) is 35.1. The molecule has 4 aromatic rings. The SMILES string of the molecule is CN1CCN(CCCNC(=O)OC[C@@H]2CNC[C@H](OCc3ccc4ccccc4c3)[C@H]2c2ccc(OCCCOCc3ccccc3)cc2)CC1. The summed E-state index contributed by atoms with van der Waals surface area (Å²) in [6.45, 7) is 10.0. The van der Waals surface area contributed by atoms with Crippen LogP contribution in [0.2, 0.25) is 0 Å². The fourth-order valence-corrected chi connectivity index (χ4v) is 7.01. The van der Waals surface area contributed by atoms with E-state index < -0.39 is 0 Å². The third kappa shape index (κ3) is 11.5. The summed E-state index contributed by atoms with van der Waals surface area (Å²) >= 11 is 0. The number of nitrogens with zero attached hydrogens (tertiary/aromatic N) is 2. The quantitative estimate of drug-likeness (QED) is 0.129. The van der Waals surface area contributed by atoms with Gasteiger partial charge in [0.05, 0.1) is 39.1 Å². The number of nitrogens with one attached hydrogen (secondary N) is 2. The summed E-state index contributed by atoms with van der Waals surface area (Å²) in [6, 6.07) is 33.4. The lowest BCUT2D eigenvalue weighted by atomic mass is 9.79. The number of carbonyl (C=O) groups excluding carboxylic acids is 1.